The molecule has 5 aliphatic rings. The van der Waals surface area contributed by atoms with Crippen molar-refractivity contribution < 1.29 is 50.3 Å². The molecule has 16 atom stereocenters. The number of aliphatic hydroxyl groups excluding tert-OH is 8. The van der Waals surface area contributed by atoms with E-state index in [4.69, 9.17) is 9.47 Å². The SMILES string of the molecule is C/C(=C/CC[C@](C)(O[C@@H]1O[C@H](CO)[C@@H](O)[C@H](O)[C@H]1O)[C@H]1CC[C@]2(C)[C@H]1[C@H](O)C[C@H]1[C@@]3(C)CC[C@H](O)C(C)(C)[C@@H]3[C@@H](O)C[C@]12C)CO. The van der Waals surface area contributed by atoms with E-state index in [1.807, 2.05) is 19.9 Å². The molecule has 8 N–H and O–H groups in total. The highest BCUT2D eigenvalue weighted by Crippen LogP contribution is 2.76. The molecule has 0 aromatic carbocycles. The van der Waals surface area contributed by atoms with Gasteiger partial charge in [-0.2, -0.15) is 0 Å². The molecule has 0 aromatic rings. The lowest BCUT2D eigenvalue weighted by Crippen LogP contribution is -2.70. The second-order valence-corrected chi connectivity index (χ2v) is 17.4. The van der Waals surface area contributed by atoms with Gasteiger partial charge in [0, 0.05) is 0 Å². The first kappa shape index (κ1) is 36.6. The zero-order valence-electron chi connectivity index (χ0n) is 29.0. The molecule has 46 heavy (non-hydrogen) atoms. The minimum absolute atomic E-state index is 0.0667. The molecule has 4 aliphatic carbocycles. The Morgan fingerprint density at radius 3 is 2.20 bits per heavy atom. The highest BCUT2D eigenvalue weighted by atomic mass is 16.7. The molecule has 4 saturated carbocycles. The molecular formula is C36H62O10. The van der Waals surface area contributed by atoms with Gasteiger partial charge in [0.15, 0.2) is 6.29 Å². The molecule has 0 spiro atoms. The van der Waals surface area contributed by atoms with Crippen molar-refractivity contribution in [1.82, 2.24) is 0 Å². The lowest BCUT2D eigenvalue weighted by Gasteiger charge is -2.71. The van der Waals surface area contributed by atoms with E-state index in [2.05, 4.69) is 34.6 Å². The zero-order valence-corrected chi connectivity index (χ0v) is 29.0. The van der Waals surface area contributed by atoms with Crippen molar-refractivity contribution in [3.05, 3.63) is 11.6 Å². The quantitative estimate of drug-likeness (QED) is 0.181. The lowest BCUT2D eigenvalue weighted by atomic mass is 9.34. The average molecular weight is 655 g/mol. The van der Waals surface area contributed by atoms with E-state index in [1.165, 1.54) is 0 Å². The Bertz CT molecular complexity index is 1130. The predicted molar refractivity (Wildman–Crippen MR) is 171 cm³/mol. The Kier molecular flexibility index (Phi) is 10.0. The number of hydrogen-bond donors (Lipinski definition) is 8. The van der Waals surface area contributed by atoms with Crippen LogP contribution in [0.5, 0.6) is 0 Å². The molecule has 0 radical (unpaired) electrons. The Morgan fingerprint density at radius 2 is 1.57 bits per heavy atom. The summed E-state index contributed by atoms with van der Waals surface area (Å²) in [6.07, 6.45) is -1.58. The molecule has 0 bridgehead atoms. The number of ether oxygens (including phenoxy) is 2. The van der Waals surface area contributed by atoms with Crippen molar-refractivity contribution in [2.75, 3.05) is 13.2 Å². The first-order chi connectivity index (χ1) is 21.3. The summed E-state index contributed by atoms with van der Waals surface area (Å²) in [6, 6.07) is 0. The molecule has 1 heterocycles. The lowest BCUT2D eigenvalue weighted by molar-refractivity contribution is -0.336. The van der Waals surface area contributed by atoms with Crippen LogP contribution in [-0.2, 0) is 9.47 Å². The van der Waals surface area contributed by atoms with Gasteiger partial charge in [-0.25, -0.2) is 0 Å². The van der Waals surface area contributed by atoms with Crippen LogP contribution in [0.25, 0.3) is 0 Å². The van der Waals surface area contributed by atoms with Crippen LogP contribution in [0.1, 0.15) is 99.8 Å². The van der Waals surface area contributed by atoms with Gasteiger partial charge in [0.25, 0.3) is 0 Å². The number of fused-ring (bicyclic) bond motifs is 5. The van der Waals surface area contributed by atoms with E-state index < -0.39 is 66.6 Å². The van der Waals surface area contributed by atoms with Gasteiger partial charge in [-0.15, -0.1) is 0 Å². The van der Waals surface area contributed by atoms with Gasteiger partial charge in [-0.3, -0.25) is 0 Å². The monoisotopic (exact) mass is 654 g/mol. The van der Waals surface area contributed by atoms with Crippen LogP contribution in [0, 0.1) is 45.3 Å². The summed E-state index contributed by atoms with van der Waals surface area (Å²) in [4.78, 5) is 0. The highest BCUT2D eigenvalue weighted by molar-refractivity contribution is 5.21. The summed E-state index contributed by atoms with van der Waals surface area (Å²) < 4.78 is 12.5. The van der Waals surface area contributed by atoms with Crippen LogP contribution >= 0.6 is 0 Å². The first-order valence-corrected chi connectivity index (χ1v) is 17.6. The smallest absolute Gasteiger partial charge is 0.187 e. The third-order valence-electron chi connectivity index (χ3n) is 14.7. The summed E-state index contributed by atoms with van der Waals surface area (Å²) in [5, 5.41) is 86.6. The van der Waals surface area contributed by atoms with Gasteiger partial charge in [-0.1, -0.05) is 46.3 Å². The third-order valence-corrected chi connectivity index (χ3v) is 14.7. The van der Waals surface area contributed by atoms with Crippen LogP contribution in [0.4, 0.5) is 0 Å². The van der Waals surface area contributed by atoms with E-state index in [0.717, 1.165) is 24.8 Å². The van der Waals surface area contributed by atoms with E-state index in [9.17, 15) is 40.9 Å². The van der Waals surface area contributed by atoms with E-state index >= 15 is 0 Å². The molecular weight excluding hydrogens is 592 g/mol. The molecule has 1 aliphatic heterocycles. The Balaban J connectivity index is 1.51. The van der Waals surface area contributed by atoms with Gasteiger partial charge >= 0.3 is 0 Å². The topological polar surface area (TPSA) is 180 Å². The maximum absolute atomic E-state index is 12.3. The number of aliphatic hydroxyl groups is 8. The Hall–Kier alpha value is -0.660. The second kappa shape index (κ2) is 12.6. The van der Waals surface area contributed by atoms with Gasteiger partial charge in [-0.05, 0) is 111 Å². The van der Waals surface area contributed by atoms with Crippen LogP contribution < -0.4 is 0 Å². The minimum atomic E-state index is -1.57. The average Bonchev–Trinajstić information content (AvgIpc) is 3.37. The van der Waals surface area contributed by atoms with E-state index in [1.54, 1.807) is 0 Å². The summed E-state index contributed by atoms with van der Waals surface area (Å²) >= 11 is 0. The predicted octanol–water partition coefficient (Wildman–Crippen LogP) is 2.27. The number of allylic oxidation sites excluding steroid dienone is 1. The molecule has 266 valence electrons. The third kappa shape index (κ3) is 5.46. The van der Waals surface area contributed by atoms with Crippen molar-refractivity contribution in [2.24, 2.45) is 45.3 Å². The van der Waals surface area contributed by atoms with Crippen LogP contribution in [0.3, 0.4) is 0 Å². The normalized spacial score (nSPS) is 51.9. The Labute approximate surface area is 274 Å². The molecule has 10 nitrogen and oxygen atoms in total. The number of rotatable bonds is 8. The molecule has 5 fully saturated rings. The summed E-state index contributed by atoms with van der Waals surface area (Å²) in [5.74, 6) is -0.315. The van der Waals surface area contributed by atoms with Crippen molar-refractivity contribution in [1.29, 1.82) is 0 Å². The van der Waals surface area contributed by atoms with Gasteiger partial charge in [0.2, 0.25) is 0 Å². The van der Waals surface area contributed by atoms with Crippen molar-refractivity contribution in [2.45, 2.75) is 154 Å². The largest absolute Gasteiger partial charge is 0.394 e. The van der Waals surface area contributed by atoms with Crippen molar-refractivity contribution in [3.63, 3.8) is 0 Å². The molecule has 0 unspecified atom stereocenters. The van der Waals surface area contributed by atoms with Crippen molar-refractivity contribution in [3.8, 4) is 0 Å². The van der Waals surface area contributed by atoms with Crippen LogP contribution in [-0.4, -0.2) is 109 Å². The second-order valence-electron chi connectivity index (χ2n) is 17.4. The minimum Gasteiger partial charge on any atom is -0.394 e. The fourth-order valence-electron chi connectivity index (χ4n) is 12.1. The van der Waals surface area contributed by atoms with E-state index in [-0.39, 0.29) is 46.5 Å². The van der Waals surface area contributed by atoms with Gasteiger partial charge in [0.1, 0.15) is 24.4 Å². The standard InChI is InChI=1S/C36H62O10/c1-19(17-37)9-8-12-36(7,46-31-29(44)28(43)27(42)23(18-38)45-31)20-10-14-34(5)26(20)21(39)15-24-33(4)13-11-25(41)32(2,3)30(33)22(40)16-35(24,34)6/h9,20-31,37-44H,8,10-18H2,1-7H3/b19-9-/t20-,21+,22-,23+,24-,25-,26+,27+,28-,29+,30-,31-,33+,34+,35+,36-/m0/s1. The van der Waals surface area contributed by atoms with Crippen molar-refractivity contribution >= 4 is 0 Å². The van der Waals surface area contributed by atoms with Crippen LogP contribution in [0.2, 0.25) is 0 Å². The maximum Gasteiger partial charge on any atom is 0.187 e. The molecule has 5 rings (SSSR count). The first-order valence-electron chi connectivity index (χ1n) is 17.6. The summed E-state index contributed by atoms with van der Waals surface area (Å²) in [7, 11) is 0. The summed E-state index contributed by atoms with van der Waals surface area (Å²) in [5.41, 5.74) is -1.50. The zero-order chi connectivity index (χ0) is 34.2. The molecule has 1 saturated heterocycles. The van der Waals surface area contributed by atoms with E-state index in [0.29, 0.717) is 32.1 Å². The van der Waals surface area contributed by atoms with Gasteiger partial charge in [0.05, 0.1) is 37.1 Å². The maximum atomic E-state index is 12.3. The van der Waals surface area contributed by atoms with Crippen LogP contribution in [0.15, 0.2) is 11.6 Å². The fourth-order valence-corrected chi connectivity index (χ4v) is 12.1. The highest BCUT2D eigenvalue weighted by Gasteiger charge is 2.73. The molecule has 0 amide bonds. The molecule has 0 aromatic heterocycles. The Morgan fingerprint density at radius 1 is 0.891 bits per heavy atom. The fraction of sp³-hybridized carbons (Fsp3) is 0.944. The molecule has 10 heteroatoms. The summed E-state index contributed by atoms with van der Waals surface area (Å²) in [6.45, 7) is 14.2. The van der Waals surface area contributed by atoms with Gasteiger partial charge < -0.3 is 50.3 Å². The number of hydrogen-bond acceptors (Lipinski definition) is 10.